The molecule has 1 amide bonds. The lowest BCUT2D eigenvalue weighted by atomic mass is 9.96. The Labute approximate surface area is 122 Å². The van der Waals surface area contributed by atoms with Crippen LogP contribution in [0.4, 0.5) is 0 Å². The minimum atomic E-state index is -1.20. The molecule has 9 nitrogen and oxygen atoms in total. The Morgan fingerprint density at radius 2 is 2.24 bits per heavy atom. The predicted molar refractivity (Wildman–Crippen MR) is 69.7 cm³/mol. The van der Waals surface area contributed by atoms with Gasteiger partial charge in [-0.15, -0.1) is 16.9 Å². The number of aliphatic carboxylic acids is 1. The first-order valence-electron chi connectivity index (χ1n) is 6.17. The molecule has 2 fully saturated rings. The smallest absolute Gasteiger partial charge is 0.358 e. The fourth-order valence-electron chi connectivity index (χ4n) is 2.78. The van der Waals surface area contributed by atoms with Crippen molar-refractivity contribution < 1.29 is 24.6 Å². The van der Waals surface area contributed by atoms with Crippen LogP contribution < -0.4 is 0 Å². The largest absolute Gasteiger partial charge is 0.480 e. The van der Waals surface area contributed by atoms with E-state index < -0.39 is 22.7 Å². The summed E-state index contributed by atoms with van der Waals surface area (Å²) >= 11 is 1.40. The minimum absolute atomic E-state index is 0.133. The second kappa shape index (κ2) is 4.45. The summed E-state index contributed by atoms with van der Waals surface area (Å²) in [5, 5.41) is 25.3. The van der Waals surface area contributed by atoms with E-state index in [-0.39, 0.29) is 23.5 Å². The van der Waals surface area contributed by atoms with E-state index in [1.807, 2.05) is 0 Å². The third kappa shape index (κ3) is 2.06. The molecule has 1 aromatic rings. The third-order valence-corrected chi connectivity index (χ3v) is 5.23. The monoisotopic (exact) mass is 312 g/mol. The normalized spacial score (nSPS) is 30.9. The van der Waals surface area contributed by atoms with E-state index in [1.165, 1.54) is 27.5 Å². The second-order valence-corrected chi connectivity index (χ2v) is 6.95. The average Bonchev–Trinajstić information content (AvgIpc) is 2.91. The Morgan fingerprint density at radius 3 is 2.76 bits per heavy atom. The van der Waals surface area contributed by atoms with Crippen LogP contribution in [0.1, 0.15) is 23.8 Å². The topological polar surface area (TPSA) is 126 Å². The van der Waals surface area contributed by atoms with Gasteiger partial charge in [0, 0.05) is 0 Å². The number of aromatic carboxylic acids is 1. The van der Waals surface area contributed by atoms with Gasteiger partial charge in [0.05, 0.1) is 29.3 Å². The maximum atomic E-state index is 11.6. The fourth-order valence-corrected chi connectivity index (χ4v) is 4.53. The molecule has 3 atom stereocenters. The summed E-state index contributed by atoms with van der Waals surface area (Å²) < 4.78 is 0.523. The van der Waals surface area contributed by atoms with Crippen LogP contribution in [0.15, 0.2) is 6.20 Å². The molecule has 21 heavy (non-hydrogen) atoms. The standard InChI is InChI=1S/C11H12N4O5S/c1-11(4-14-3-5(9(17)18)12-13-14)8(10(19)20)15-6(16)2-7(15)21-11/h3,7-8H,2,4H2,1H3,(H,17,18)(H,19,20)/t7-,8+,11+/m1/s1. The summed E-state index contributed by atoms with van der Waals surface area (Å²) in [7, 11) is 0. The maximum absolute atomic E-state index is 11.6. The van der Waals surface area contributed by atoms with Crippen LogP contribution in [-0.4, -0.2) is 64.1 Å². The van der Waals surface area contributed by atoms with E-state index >= 15 is 0 Å². The first-order valence-corrected chi connectivity index (χ1v) is 7.05. The van der Waals surface area contributed by atoms with Gasteiger partial charge in [0.15, 0.2) is 5.69 Å². The van der Waals surface area contributed by atoms with Crippen LogP contribution in [0.2, 0.25) is 0 Å². The summed E-state index contributed by atoms with van der Waals surface area (Å²) in [5.41, 5.74) is -0.201. The van der Waals surface area contributed by atoms with Gasteiger partial charge < -0.3 is 15.1 Å². The summed E-state index contributed by atoms with van der Waals surface area (Å²) in [6.45, 7) is 1.90. The highest BCUT2D eigenvalue weighted by molar-refractivity contribution is 8.01. The van der Waals surface area contributed by atoms with Crippen molar-refractivity contribution in [1.29, 1.82) is 0 Å². The van der Waals surface area contributed by atoms with Crippen molar-refractivity contribution in [2.24, 2.45) is 0 Å². The Bertz CT molecular complexity index is 646. The van der Waals surface area contributed by atoms with Gasteiger partial charge in [-0.3, -0.25) is 9.48 Å². The summed E-state index contributed by atoms with van der Waals surface area (Å²) in [6, 6.07) is -0.953. The molecule has 0 radical (unpaired) electrons. The predicted octanol–water partition coefficient (Wildman–Crippen LogP) is -0.507. The molecule has 1 aromatic heterocycles. The number of aromatic nitrogens is 3. The molecular weight excluding hydrogens is 300 g/mol. The van der Waals surface area contributed by atoms with Crippen molar-refractivity contribution in [3.63, 3.8) is 0 Å². The van der Waals surface area contributed by atoms with E-state index in [0.717, 1.165) is 0 Å². The fraction of sp³-hybridized carbons (Fsp3) is 0.545. The number of hydrogen-bond acceptors (Lipinski definition) is 6. The molecule has 10 heteroatoms. The van der Waals surface area contributed by atoms with Gasteiger partial charge in [-0.1, -0.05) is 5.21 Å². The number of fused-ring (bicyclic) bond motifs is 1. The van der Waals surface area contributed by atoms with Crippen LogP contribution in [0.5, 0.6) is 0 Å². The zero-order valence-electron chi connectivity index (χ0n) is 11.0. The molecule has 0 aromatic carbocycles. The molecule has 0 saturated carbocycles. The Kier molecular flexibility index (Phi) is 2.94. The number of rotatable bonds is 4. The van der Waals surface area contributed by atoms with Crippen LogP contribution in [0, 0.1) is 0 Å². The molecule has 0 spiro atoms. The SMILES string of the molecule is C[C@@]1(Cn2cc(C(=O)O)nn2)S[C@@H]2CC(=O)N2[C@H]1C(=O)O. The highest BCUT2D eigenvalue weighted by atomic mass is 32.2. The van der Waals surface area contributed by atoms with Crippen molar-refractivity contribution >= 4 is 29.6 Å². The lowest BCUT2D eigenvalue weighted by Gasteiger charge is -2.36. The molecular formula is C11H12N4O5S. The molecule has 2 aliphatic heterocycles. The number of carbonyl (C=O) groups excluding carboxylic acids is 1. The number of thioether (sulfide) groups is 1. The molecule has 2 aliphatic rings. The van der Waals surface area contributed by atoms with E-state index in [9.17, 15) is 19.5 Å². The van der Waals surface area contributed by atoms with Crippen molar-refractivity contribution in [2.75, 3.05) is 0 Å². The molecule has 0 aliphatic carbocycles. The van der Waals surface area contributed by atoms with Gasteiger partial charge >= 0.3 is 11.9 Å². The lowest BCUT2D eigenvalue weighted by Crippen LogP contribution is -2.58. The van der Waals surface area contributed by atoms with Crippen molar-refractivity contribution in [1.82, 2.24) is 19.9 Å². The summed E-state index contributed by atoms with van der Waals surface area (Å²) in [4.78, 5) is 35.3. The number of amides is 1. The highest BCUT2D eigenvalue weighted by Gasteiger charge is 2.60. The van der Waals surface area contributed by atoms with Crippen LogP contribution in [0.25, 0.3) is 0 Å². The van der Waals surface area contributed by atoms with Gasteiger partial charge in [-0.25, -0.2) is 9.59 Å². The number of β-lactam (4-membered cyclic amide) rings is 1. The number of nitrogens with zero attached hydrogens (tertiary/aromatic N) is 4. The summed E-state index contributed by atoms with van der Waals surface area (Å²) in [5.74, 6) is -2.44. The van der Waals surface area contributed by atoms with Gasteiger partial charge in [0.2, 0.25) is 5.91 Å². The van der Waals surface area contributed by atoms with Gasteiger partial charge in [-0.05, 0) is 6.92 Å². The molecule has 0 unspecified atom stereocenters. The Hall–Kier alpha value is -2.10. The van der Waals surface area contributed by atoms with Gasteiger partial charge in [0.1, 0.15) is 6.04 Å². The second-order valence-electron chi connectivity index (χ2n) is 5.24. The van der Waals surface area contributed by atoms with Crippen LogP contribution >= 0.6 is 11.8 Å². The molecule has 112 valence electrons. The molecule has 2 saturated heterocycles. The molecule has 0 bridgehead atoms. The average molecular weight is 312 g/mol. The van der Waals surface area contributed by atoms with Gasteiger partial charge in [-0.2, -0.15) is 0 Å². The van der Waals surface area contributed by atoms with Crippen LogP contribution in [0.3, 0.4) is 0 Å². The number of hydrogen-bond donors (Lipinski definition) is 2. The van der Waals surface area contributed by atoms with E-state index in [1.54, 1.807) is 6.92 Å². The molecule has 3 rings (SSSR count). The Balaban J connectivity index is 1.86. The van der Waals surface area contributed by atoms with Gasteiger partial charge in [0.25, 0.3) is 0 Å². The van der Waals surface area contributed by atoms with Crippen molar-refractivity contribution in [3.05, 3.63) is 11.9 Å². The maximum Gasteiger partial charge on any atom is 0.358 e. The van der Waals surface area contributed by atoms with E-state index in [0.29, 0.717) is 6.42 Å². The first kappa shape index (κ1) is 13.9. The number of carbonyl (C=O) groups is 3. The van der Waals surface area contributed by atoms with Crippen molar-refractivity contribution in [2.45, 2.75) is 36.1 Å². The molecule has 2 N–H and O–H groups in total. The number of carboxylic acids is 2. The number of carboxylic acid groups (broad SMARTS) is 2. The van der Waals surface area contributed by atoms with Crippen LogP contribution in [-0.2, 0) is 16.1 Å². The third-order valence-electron chi connectivity index (χ3n) is 3.68. The van der Waals surface area contributed by atoms with E-state index in [2.05, 4.69) is 10.3 Å². The highest BCUT2D eigenvalue weighted by Crippen LogP contribution is 2.51. The zero-order valence-corrected chi connectivity index (χ0v) is 11.8. The van der Waals surface area contributed by atoms with Crippen molar-refractivity contribution in [3.8, 4) is 0 Å². The first-order chi connectivity index (χ1) is 9.82. The zero-order chi connectivity index (χ0) is 15.4. The minimum Gasteiger partial charge on any atom is -0.480 e. The van der Waals surface area contributed by atoms with E-state index in [4.69, 9.17) is 5.11 Å². The quantitative estimate of drug-likeness (QED) is 0.712. The molecule has 3 heterocycles. The summed E-state index contributed by atoms with van der Waals surface area (Å²) in [6.07, 6.45) is 1.59. The lowest BCUT2D eigenvalue weighted by molar-refractivity contribution is -0.157. The Morgan fingerprint density at radius 1 is 1.52 bits per heavy atom.